The average molecular weight is 293 g/mol. The summed E-state index contributed by atoms with van der Waals surface area (Å²) in [4.78, 5) is 0. The van der Waals surface area contributed by atoms with Crippen LogP contribution in [0.2, 0.25) is 0 Å². The standard InChI is InChI=1S/C17H27NO3/c1-4-18-12(2)13-9-10-16(17(11-13)20-3)21-15-8-6-5-7-14(15)19/h9-12,14-15,18-19H,4-8H2,1-3H3. The van der Waals surface area contributed by atoms with Gasteiger partial charge in [0.25, 0.3) is 0 Å². The Kier molecular flexibility index (Phi) is 5.88. The van der Waals surface area contributed by atoms with Crippen molar-refractivity contribution in [3.63, 3.8) is 0 Å². The van der Waals surface area contributed by atoms with Gasteiger partial charge in [0.2, 0.25) is 0 Å². The van der Waals surface area contributed by atoms with E-state index < -0.39 is 0 Å². The molecule has 0 heterocycles. The van der Waals surface area contributed by atoms with Crippen molar-refractivity contribution in [3.8, 4) is 11.5 Å². The Balaban J connectivity index is 2.12. The van der Waals surface area contributed by atoms with Crippen molar-refractivity contribution in [1.82, 2.24) is 5.32 Å². The highest BCUT2D eigenvalue weighted by Crippen LogP contribution is 2.33. The van der Waals surface area contributed by atoms with Crippen LogP contribution in [0.25, 0.3) is 0 Å². The number of hydrogen-bond donors (Lipinski definition) is 2. The van der Waals surface area contributed by atoms with Crippen LogP contribution in [0.3, 0.4) is 0 Å². The third-order valence-electron chi connectivity index (χ3n) is 4.14. The Morgan fingerprint density at radius 3 is 2.71 bits per heavy atom. The first kappa shape index (κ1) is 16.1. The minimum absolute atomic E-state index is 0.121. The molecule has 1 aromatic carbocycles. The second kappa shape index (κ2) is 7.66. The van der Waals surface area contributed by atoms with Crippen LogP contribution in [0.5, 0.6) is 11.5 Å². The van der Waals surface area contributed by atoms with Gasteiger partial charge in [-0.3, -0.25) is 0 Å². The van der Waals surface area contributed by atoms with Gasteiger partial charge in [-0.2, -0.15) is 0 Å². The Hall–Kier alpha value is -1.26. The lowest BCUT2D eigenvalue weighted by Gasteiger charge is -2.29. The molecular formula is C17H27NO3. The average Bonchev–Trinajstić information content (AvgIpc) is 2.50. The van der Waals surface area contributed by atoms with E-state index in [1.165, 1.54) is 5.56 Å². The molecule has 0 saturated heterocycles. The monoisotopic (exact) mass is 293 g/mol. The van der Waals surface area contributed by atoms with Crippen molar-refractivity contribution in [2.45, 2.75) is 57.8 Å². The summed E-state index contributed by atoms with van der Waals surface area (Å²) < 4.78 is 11.4. The number of aliphatic hydroxyl groups excluding tert-OH is 1. The van der Waals surface area contributed by atoms with Crippen molar-refractivity contribution in [2.75, 3.05) is 13.7 Å². The lowest BCUT2D eigenvalue weighted by molar-refractivity contribution is 0.00566. The van der Waals surface area contributed by atoms with Crippen LogP contribution in [0.4, 0.5) is 0 Å². The van der Waals surface area contributed by atoms with E-state index >= 15 is 0 Å². The molecule has 1 fully saturated rings. The molecule has 3 atom stereocenters. The zero-order valence-corrected chi connectivity index (χ0v) is 13.3. The van der Waals surface area contributed by atoms with Crippen LogP contribution in [0.1, 0.15) is 51.1 Å². The van der Waals surface area contributed by atoms with E-state index in [9.17, 15) is 5.11 Å². The highest BCUT2D eigenvalue weighted by atomic mass is 16.5. The van der Waals surface area contributed by atoms with Gasteiger partial charge in [-0.15, -0.1) is 0 Å². The van der Waals surface area contributed by atoms with E-state index in [4.69, 9.17) is 9.47 Å². The van der Waals surface area contributed by atoms with Gasteiger partial charge < -0.3 is 19.9 Å². The summed E-state index contributed by atoms with van der Waals surface area (Å²) in [7, 11) is 1.65. The number of methoxy groups -OCH3 is 1. The lowest BCUT2D eigenvalue weighted by atomic mass is 9.95. The SMILES string of the molecule is CCNC(C)c1ccc(OC2CCCCC2O)c(OC)c1. The molecule has 2 rings (SSSR count). The highest BCUT2D eigenvalue weighted by molar-refractivity contribution is 5.44. The molecule has 2 N–H and O–H groups in total. The molecule has 1 aromatic rings. The molecule has 3 unspecified atom stereocenters. The third kappa shape index (κ3) is 4.11. The van der Waals surface area contributed by atoms with Gasteiger partial charge in [0.1, 0.15) is 6.10 Å². The first-order valence-electron chi connectivity index (χ1n) is 7.91. The molecular weight excluding hydrogens is 266 g/mol. The maximum atomic E-state index is 10.0. The van der Waals surface area contributed by atoms with E-state index in [0.717, 1.165) is 43.7 Å². The number of benzene rings is 1. The summed E-state index contributed by atoms with van der Waals surface area (Å²) in [5.74, 6) is 1.45. The number of nitrogens with one attached hydrogen (secondary N) is 1. The second-order valence-electron chi connectivity index (χ2n) is 5.70. The van der Waals surface area contributed by atoms with E-state index in [1.807, 2.05) is 12.1 Å². The minimum atomic E-state index is -0.371. The van der Waals surface area contributed by atoms with Crippen LogP contribution in [-0.2, 0) is 0 Å². The normalized spacial score (nSPS) is 23.6. The molecule has 1 aliphatic rings. The fourth-order valence-electron chi connectivity index (χ4n) is 2.85. The lowest BCUT2D eigenvalue weighted by Crippen LogP contribution is -2.34. The van der Waals surface area contributed by atoms with E-state index in [-0.39, 0.29) is 18.2 Å². The second-order valence-corrected chi connectivity index (χ2v) is 5.70. The maximum Gasteiger partial charge on any atom is 0.161 e. The van der Waals surface area contributed by atoms with Gasteiger partial charge in [0.15, 0.2) is 11.5 Å². The Morgan fingerprint density at radius 1 is 1.29 bits per heavy atom. The molecule has 4 nitrogen and oxygen atoms in total. The topological polar surface area (TPSA) is 50.7 Å². The maximum absolute atomic E-state index is 10.0. The van der Waals surface area contributed by atoms with Crippen molar-refractivity contribution >= 4 is 0 Å². The molecule has 4 heteroatoms. The van der Waals surface area contributed by atoms with Crippen LogP contribution in [0, 0.1) is 0 Å². The van der Waals surface area contributed by atoms with Gasteiger partial charge in [-0.05, 0) is 50.4 Å². The largest absolute Gasteiger partial charge is 0.493 e. The smallest absolute Gasteiger partial charge is 0.161 e. The zero-order chi connectivity index (χ0) is 15.2. The van der Waals surface area contributed by atoms with Gasteiger partial charge in [-0.25, -0.2) is 0 Å². The van der Waals surface area contributed by atoms with Crippen LogP contribution in [0.15, 0.2) is 18.2 Å². The molecule has 0 spiro atoms. The summed E-state index contributed by atoms with van der Waals surface area (Å²) >= 11 is 0. The fraction of sp³-hybridized carbons (Fsp3) is 0.647. The summed E-state index contributed by atoms with van der Waals surface area (Å²) in [6.07, 6.45) is 3.42. The number of hydrogen-bond acceptors (Lipinski definition) is 4. The van der Waals surface area contributed by atoms with Gasteiger partial charge >= 0.3 is 0 Å². The number of rotatable bonds is 6. The predicted octanol–water partition coefficient (Wildman–Crippen LogP) is 3.05. The summed E-state index contributed by atoms with van der Waals surface area (Å²) in [5, 5.41) is 13.4. The van der Waals surface area contributed by atoms with Crippen molar-refractivity contribution in [1.29, 1.82) is 0 Å². The first-order valence-corrected chi connectivity index (χ1v) is 7.91. The van der Waals surface area contributed by atoms with Gasteiger partial charge in [-0.1, -0.05) is 19.4 Å². The van der Waals surface area contributed by atoms with Crippen LogP contribution in [-0.4, -0.2) is 31.0 Å². The molecule has 0 radical (unpaired) electrons. The fourth-order valence-corrected chi connectivity index (χ4v) is 2.85. The van der Waals surface area contributed by atoms with E-state index in [2.05, 4.69) is 25.2 Å². The first-order chi connectivity index (χ1) is 10.2. The Labute approximate surface area is 127 Å². The van der Waals surface area contributed by atoms with Gasteiger partial charge in [0.05, 0.1) is 13.2 Å². The molecule has 118 valence electrons. The molecule has 1 aliphatic carbocycles. The minimum Gasteiger partial charge on any atom is -0.493 e. The van der Waals surface area contributed by atoms with Crippen molar-refractivity contribution in [2.24, 2.45) is 0 Å². The molecule has 0 amide bonds. The van der Waals surface area contributed by atoms with Crippen molar-refractivity contribution < 1.29 is 14.6 Å². The Morgan fingerprint density at radius 2 is 2.05 bits per heavy atom. The van der Waals surface area contributed by atoms with E-state index in [0.29, 0.717) is 0 Å². The predicted molar refractivity (Wildman–Crippen MR) is 84.0 cm³/mol. The summed E-state index contributed by atoms with van der Waals surface area (Å²) in [6, 6.07) is 6.29. The van der Waals surface area contributed by atoms with Crippen LogP contribution >= 0.6 is 0 Å². The van der Waals surface area contributed by atoms with Crippen molar-refractivity contribution in [3.05, 3.63) is 23.8 Å². The molecule has 0 aromatic heterocycles. The molecule has 0 aliphatic heterocycles. The van der Waals surface area contributed by atoms with Gasteiger partial charge in [0, 0.05) is 6.04 Å². The quantitative estimate of drug-likeness (QED) is 0.846. The number of aliphatic hydroxyl groups is 1. The molecule has 1 saturated carbocycles. The Bertz CT molecular complexity index is 450. The summed E-state index contributed by atoms with van der Waals surface area (Å²) in [5.41, 5.74) is 1.17. The number of ether oxygens (including phenoxy) is 2. The summed E-state index contributed by atoms with van der Waals surface area (Å²) in [6.45, 7) is 5.15. The molecule has 21 heavy (non-hydrogen) atoms. The third-order valence-corrected chi connectivity index (χ3v) is 4.14. The van der Waals surface area contributed by atoms with Crippen LogP contribution < -0.4 is 14.8 Å². The molecule has 0 bridgehead atoms. The zero-order valence-electron chi connectivity index (χ0n) is 13.3. The van der Waals surface area contributed by atoms with E-state index in [1.54, 1.807) is 7.11 Å². The highest BCUT2D eigenvalue weighted by Gasteiger charge is 2.25.